The van der Waals surface area contributed by atoms with Crippen LogP contribution in [0.25, 0.3) is 0 Å². The van der Waals surface area contributed by atoms with E-state index in [1.165, 1.54) is 37.4 Å². The molecule has 0 aromatic rings. The fraction of sp³-hybridized carbons (Fsp3) is 0.583. The minimum Gasteiger partial charge on any atom is -0.314 e. The van der Waals surface area contributed by atoms with Gasteiger partial charge in [-0.15, -0.1) is 0 Å². The number of nitrogens with one attached hydrogen (secondary N) is 1. The molecule has 2 aliphatic heterocycles. The average molecular weight is 274 g/mol. The second kappa shape index (κ2) is 7.16. The van der Waals surface area contributed by atoms with Crippen molar-refractivity contribution in [2.75, 3.05) is 33.2 Å². The molecular weight excluding hydrogens is 257 g/mol. The minimum absolute atomic E-state index is 0.0486. The van der Waals surface area contributed by atoms with Crippen LogP contribution < -0.4 is 5.32 Å². The smallest absolute Gasteiger partial charge is 0.314 e. The number of alkyl halides is 3. The zero-order valence-electron chi connectivity index (χ0n) is 10.7. The zero-order chi connectivity index (χ0) is 14.3. The molecule has 0 spiro atoms. The second-order valence-corrected chi connectivity index (χ2v) is 4.23. The van der Waals surface area contributed by atoms with Crippen molar-refractivity contribution >= 4 is 0 Å². The number of hydrogen-bond acceptors (Lipinski definition) is 4. The Balaban J connectivity index is 0.000000218. The van der Waals surface area contributed by atoms with Gasteiger partial charge in [0.2, 0.25) is 0 Å². The van der Waals surface area contributed by atoms with Crippen LogP contribution in [0.15, 0.2) is 24.4 Å². The number of halogens is 3. The highest BCUT2D eigenvalue weighted by atomic mass is 19.4. The lowest BCUT2D eigenvalue weighted by Gasteiger charge is -2.27. The average Bonchev–Trinajstić information content (AvgIpc) is 2.39. The van der Waals surface area contributed by atoms with Crippen LogP contribution in [0.1, 0.15) is 0 Å². The van der Waals surface area contributed by atoms with E-state index in [-0.39, 0.29) is 4.90 Å². The van der Waals surface area contributed by atoms with Crippen LogP contribution in [0.4, 0.5) is 13.2 Å². The lowest BCUT2D eigenvalue weighted by molar-refractivity contribution is -0.230. The maximum absolute atomic E-state index is 12.1. The molecule has 2 aliphatic rings. The van der Waals surface area contributed by atoms with E-state index in [4.69, 9.17) is 5.26 Å². The minimum atomic E-state index is -4.48. The summed E-state index contributed by atoms with van der Waals surface area (Å²) in [6.45, 7) is 4.74. The summed E-state index contributed by atoms with van der Waals surface area (Å²) in [6, 6.07) is 0.288. The molecule has 1 N–H and O–H groups in total. The highest BCUT2D eigenvalue weighted by molar-refractivity contribution is 5.19. The van der Waals surface area contributed by atoms with E-state index in [0.717, 1.165) is 19.3 Å². The van der Waals surface area contributed by atoms with Crippen molar-refractivity contribution in [2.24, 2.45) is 0 Å². The summed E-state index contributed by atoms with van der Waals surface area (Å²) in [5.41, 5.74) is 0. The Labute approximate surface area is 110 Å². The van der Waals surface area contributed by atoms with E-state index in [1.807, 2.05) is 0 Å². The molecule has 2 rings (SSSR count). The Morgan fingerprint density at radius 2 is 1.89 bits per heavy atom. The summed E-state index contributed by atoms with van der Waals surface area (Å²) < 4.78 is 36.2. The summed E-state index contributed by atoms with van der Waals surface area (Å²) in [7, 11) is 2.15. The van der Waals surface area contributed by atoms with Crippen LogP contribution in [-0.2, 0) is 0 Å². The zero-order valence-corrected chi connectivity index (χ0v) is 10.7. The van der Waals surface area contributed by atoms with Gasteiger partial charge in [-0.1, -0.05) is 6.08 Å². The molecular formula is C12H17F3N4. The molecule has 0 amide bonds. The highest BCUT2D eigenvalue weighted by Crippen LogP contribution is 2.26. The van der Waals surface area contributed by atoms with Gasteiger partial charge in [0, 0.05) is 32.4 Å². The van der Waals surface area contributed by atoms with Crippen LogP contribution in [0, 0.1) is 11.3 Å². The van der Waals surface area contributed by atoms with Crippen molar-refractivity contribution in [3.05, 3.63) is 24.4 Å². The normalized spacial score (nSPS) is 23.5. The first-order valence-corrected chi connectivity index (χ1v) is 5.94. The lowest BCUT2D eigenvalue weighted by Crippen LogP contribution is -2.40. The van der Waals surface area contributed by atoms with Crippen LogP contribution >= 0.6 is 0 Å². The third-order valence-electron chi connectivity index (χ3n) is 2.72. The molecule has 0 bridgehead atoms. The molecule has 0 aliphatic carbocycles. The van der Waals surface area contributed by atoms with E-state index in [9.17, 15) is 13.2 Å². The molecule has 0 saturated carbocycles. The van der Waals surface area contributed by atoms with Crippen molar-refractivity contribution < 1.29 is 13.2 Å². The number of rotatable bonds is 0. The third kappa shape index (κ3) is 5.32. The first-order valence-electron chi connectivity index (χ1n) is 5.94. The number of piperazine rings is 1. The van der Waals surface area contributed by atoms with Gasteiger partial charge >= 0.3 is 6.30 Å². The van der Waals surface area contributed by atoms with Gasteiger partial charge in [-0.3, -0.25) is 4.90 Å². The highest BCUT2D eigenvalue weighted by Gasteiger charge is 2.39. The van der Waals surface area contributed by atoms with Gasteiger partial charge in [-0.05, 0) is 19.2 Å². The molecule has 0 aromatic carbocycles. The first kappa shape index (κ1) is 15.5. The summed E-state index contributed by atoms with van der Waals surface area (Å²) in [5, 5.41) is 11.6. The van der Waals surface area contributed by atoms with E-state index in [2.05, 4.69) is 17.3 Å². The van der Waals surface area contributed by atoms with Crippen LogP contribution in [0.2, 0.25) is 0 Å². The van der Waals surface area contributed by atoms with Gasteiger partial charge in [-0.2, -0.15) is 18.4 Å². The van der Waals surface area contributed by atoms with Crippen LogP contribution in [0.5, 0.6) is 0 Å². The van der Waals surface area contributed by atoms with E-state index < -0.39 is 12.3 Å². The Hall–Kier alpha value is -1.52. The SMILES string of the molecule is CN1CCNCC1.N#CC1C=CC=CN1C(F)(F)F. The predicted octanol–water partition coefficient (Wildman–Crippen LogP) is 1.31. The quantitative estimate of drug-likeness (QED) is 0.676. The number of nitrogens with zero attached hydrogens (tertiary/aromatic N) is 3. The van der Waals surface area contributed by atoms with Crippen LogP contribution in [0.3, 0.4) is 0 Å². The molecule has 19 heavy (non-hydrogen) atoms. The largest absolute Gasteiger partial charge is 0.485 e. The number of hydrogen-bond donors (Lipinski definition) is 1. The molecule has 1 unspecified atom stereocenters. The molecule has 1 fully saturated rings. The summed E-state index contributed by atoms with van der Waals surface area (Å²) in [5.74, 6) is 0. The summed E-state index contributed by atoms with van der Waals surface area (Å²) in [6.07, 6.45) is 0.195. The van der Waals surface area contributed by atoms with E-state index >= 15 is 0 Å². The topological polar surface area (TPSA) is 42.3 Å². The number of allylic oxidation sites excluding steroid dienone is 2. The Bertz CT molecular complexity index is 364. The van der Waals surface area contributed by atoms with Gasteiger partial charge in [0.15, 0.2) is 0 Å². The maximum atomic E-state index is 12.1. The summed E-state index contributed by atoms with van der Waals surface area (Å²) >= 11 is 0. The lowest BCUT2D eigenvalue weighted by atomic mass is 10.2. The summed E-state index contributed by atoms with van der Waals surface area (Å²) in [4.78, 5) is 2.38. The Morgan fingerprint density at radius 1 is 1.26 bits per heavy atom. The van der Waals surface area contributed by atoms with Crippen molar-refractivity contribution in [3.63, 3.8) is 0 Å². The predicted molar refractivity (Wildman–Crippen MR) is 65.9 cm³/mol. The molecule has 106 valence electrons. The van der Waals surface area contributed by atoms with E-state index in [0.29, 0.717) is 0 Å². The monoisotopic (exact) mass is 274 g/mol. The van der Waals surface area contributed by atoms with Gasteiger partial charge in [0.25, 0.3) is 0 Å². The number of likely N-dealkylation sites (N-methyl/N-ethyl adjacent to an activating group) is 1. The maximum Gasteiger partial charge on any atom is 0.485 e. The third-order valence-corrected chi connectivity index (χ3v) is 2.72. The van der Waals surface area contributed by atoms with Crippen LogP contribution in [-0.4, -0.2) is 55.4 Å². The van der Waals surface area contributed by atoms with Crippen molar-refractivity contribution in [1.29, 1.82) is 5.26 Å². The van der Waals surface area contributed by atoms with Gasteiger partial charge in [0.05, 0.1) is 6.07 Å². The molecule has 4 nitrogen and oxygen atoms in total. The molecule has 7 heteroatoms. The Morgan fingerprint density at radius 3 is 2.26 bits per heavy atom. The molecule has 1 saturated heterocycles. The fourth-order valence-electron chi connectivity index (χ4n) is 1.62. The van der Waals surface area contributed by atoms with Gasteiger partial charge < -0.3 is 10.2 Å². The van der Waals surface area contributed by atoms with Crippen molar-refractivity contribution in [1.82, 2.24) is 15.1 Å². The van der Waals surface area contributed by atoms with Gasteiger partial charge in [-0.25, -0.2) is 0 Å². The van der Waals surface area contributed by atoms with Crippen molar-refractivity contribution in [3.8, 4) is 6.07 Å². The van der Waals surface area contributed by atoms with E-state index in [1.54, 1.807) is 0 Å². The van der Waals surface area contributed by atoms with Crippen molar-refractivity contribution in [2.45, 2.75) is 12.3 Å². The fourth-order valence-corrected chi connectivity index (χ4v) is 1.62. The molecule has 0 aromatic heterocycles. The standard InChI is InChI=1S/C7H5F3N2.C5H12N2/c8-7(9,10)12-4-2-1-3-6(12)5-11;1-7-4-2-6-3-5-7/h1-4,6H;6H,2-5H2,1H3. The Kier molecular flexibility index (Phi) is 5.86. The second-order valence-electron chi connectivity index (χ2n) is 4.23. The molecule has 0 radical (unpaired) electrons. The molecule has 2 heterocycles. The van der Waals surface area contributed by atoms with Gasteiger partial charge in [0.1, 0.15) is 6.04 Å². The first-order chi connectivity index (χ1) is 8.95. The number of nitriles is 1. The molecule has 1 atom stereocenters.